The molecule has 0 saturated heterocycles. The van der Waals surface area contributed by atoms with Crippen molar-refractivity contribution in [2.45, 2.75) is 31.3 Å². The third kappa shape index (κ3) is 2.33. The number of aliphatic hydroxyl groups is 1. The van der Waals surface area contributed by atoms with Crippen LogP contribution in [0, 0.1) is 11.3 Å². The Morgan fingerprint density at radius 1 is 1.12 bits per heavy atom. The van der Waals surface area contributed by atoms with Crippen LogP contribution in [0.25, 0.3) is 0 Å². The average Bonchev–Trinajstić information content (AvgIpc) is 1.94. The number of carboxylic acids is 1. The highest BCUT2D eigenvalue weighted by molar-refractivity contribution is 5.77. The van der Waals surface area contributed by atoms with Crippen LogP contribution in [0.15, 0.2) is 0 Å². The van der Waals surface area contributed by atoms with Crippen LogP contribution in [0.2, 0.25) is 0 Å². The summed E-state index contributed by atoms with van der Waals surface area (Å²) in [6.45, 7) is 0. The molecule has 0 radical (unpaired) electrons. The topological polar surface area (TPSA) is 57.5 Å². The van der Waals surface area contributed by atoms with Gasteiger partial charge in [0.25, 0.3) is 0 Å². The minimum Gasteiger partial charge on any atom is -0.481 e. The molecule has 17 heavy (non-hydrogen) atoms. The molecule has 0 aromatic rings. The fourth-order valence-electron chi connectivity index (χ4n) is 2.13. The first-order valence-electron chi connectivity index (χ1n) is 4.46. The van der Waals surface area contributed by atoms with Crippen LogP contribution in [-0.4, -0.2) is 34.6 Å². The van der Waals surface area contributed by atoms with Gasteiger partial charge in [-0.25, -0.2) is 0 Å². The molecule has 1 fully saturated rings. The smallest absolute Gasteiger partial charge is 0.401 e. The molecule has 0 bridgehead atoms. The largest absolute Gasteiger partial charge is 0.481 e. The van der Waals surface area contributed by atoms with Gasteiger partial charge in [-0.3, -0.25) is 4.79 Å². The Morgan fingerprint density at radius 2 is 1.47 bits per heavy atom. The van der Waals surface area contributed by atoms with E-state index in [2.05, 4.69) is 0 Å². The summed E-state index contributed by atoms with van der Waals surface area (Å²) in [6.07, 6.45) is -15.0. The van der Waals surface area contributed by atoms with Gasteiger partial charge in [0.05, 0.1) is 11.5 Å². The molecule has 3 nitrogen and oxygen atoms in total. The van der Waals surface area contributed by atoms with Gasteiger partial charge in [-0.05, 0) is 12.8 Å². The maximum atomic E-state index is 12.4. The summed E-state index contributed by atoms with van der Waals surface area (Å²) in [5.74, 6) is -6.15. The predicted octanol–water partition coefficient (Wildman–Crippen LogP) is 1.95. The molecule has 1 aliphatic rings. The monoisotopic (exact) mass is 266 g/mol. The van der Waals surface area contributed by atoms with Crippen LogP contribution in [0.1, 0.15) is 12.8 Å². The molecule has 2 N–H and O–H groups in total. The maximum Gasteiger partial charge on any atom is 0.401 e. The molecule has 0 atom stereocenters. The number of aliphatic hydroxyl groups excluding tert-OH is 1. The lowest BCUT2D eigenvalue weighted by Gasteiger charge is -2.47. The molecule has 0 amide bonds. The zero-order valence-electron chi connectivity index (χ0n) is 8.14. The van der Waals surface area contributed by atoms with Crippen molar-refractivity contribution in [3.8, 4) is 0 Å². The summed E-state index contributed by atoms with van der Waals surface area (Å²) in [6, 6.07) is 0. The summed E-state index contributed by atoms with van der Waals surface area (Å²) in [4.78, 5) is 10.7. The molecular formula is C8H8F6O3. The van der Waals surface area contributed by atoms with Crippen LogP contribution in [0.4, 0.5) is 26.3 Å². The van der Waals surface area contributed by atoms with E-state index in [4.69, 9.17) is 10.2 Å². The maximum absolute atomic E-state index is 12.4. The van der Waals surface area contributed by atoms with Crippen molar-refractivity contribution in [3.05, 3.63) is 0 Å². The molecule has 0 aliphatic heterocycles. The van der Waals surface area contributed by atoms with E-state index in [1.807, 2.05) is 0 Å². The van der Waals surface area contributed by atoms with Crippen molar-refractivity contribution in [2.75, 3.05) is 0 Å². The van der Waals surface area contributed by atoms with E-state index in [1.165, 1.54) is 0 Å². The van der Waals surface area contributed by atoms with Crippen LogP contribution in [-0.2, 0) is 4.79 Å². The summed E-state index contributed by atoms with van der Waals surface area (Å²) in [5, 5.41) is 17.4. The van der Waals surface area contributed by atoms with E-state index in [0.717, 1.165) is 0 Å². The van der Waals surface area contributed by atoms with Crippen molar-refractivity contribution in [1.29, 1.82) is 0 Å². The van der Waals surface area contributed by atoms with Crippen molar-refractivity contribution < 1.29 is 41.4 Å². The quantitative estimate of drug-likeness (QED) is 0.751. The number of hydrogen-bond donors (Lipinski definition) is 2. The van der Waals surface area contributed by atoms with Crippen molar-refractivity contribution in [1.82, 2.24) is 0 Å². The number of carboxylic acid groups (broad SMARTS) is 1. The Kier molecular flexibility index (Phi) is 3.11. The predicted molar refractivity (Wildman–Crippen MR) is 40.9 cm³/mol. The molecule has 9 heteroatoms. The lowest BCUT2D eigenvalue weighted by molar-refractivity contribution is -0.329. The highest BCUT2D eigenvalue weighted by Crippen LogP contribution is 2.58. The molecule has 0 heterocycles. The number of rotatable bonds is 2. The first-order chi connectivity index (χ1) is 7.41. The number of halogens is 6. The fourth-order valence-corrected chi connectivity index (χ4v) is 2.13. The van der Waals surface area contributed by atoms with E-state index in [9.17, 15) is 31.1 Å². The van der Waals surface area contributed by atoms with E-state index < -0.39 is 48.6 Å². The Bertz CT molecular complexity index is 300. The first-order valence-corrected chi connectivity index (χ1v) is 4.46. The summed E-state index contributed by atoms with van der Waals surface area (Å²) < 4.78 is 74.1. The Balaban J connectivity index is 3.18. The Morgan fingerprint density at radius 3 is 1.65 bits per heavy atom. The van der Waals surface area contributed by atoms with Crippen molar-refractivity contribution in [2.24, 2.45) is 11.3 Å². The second-order valence-corrected chi connectivity index (χ2v) is 4.04. The second-order valence-electron chi connectivity index (χ2n) is 4.04. The molecule has 100 valence electrons. The molecule has 0 aromatic carbocycles. The third-order valence-corrected chi connectivity index (χ3v) is 2.83. The highest BCUT2D eigenvalue weighted by Gasteiger charge is 2.72. The van der Waals surface area contributed by atoms with Crippen LogP contribution >= 0.6 is 0 Å². The van der Waals surface area contributed by atoms with E-state index >= 15 is 0 Å². The number of hydrogen-bond acceptors (Lipinski definition) is 2. The van der Waals surface area contributed by atoms with Crippen molar-refractivity contribution >= 4 is 5.97 Å². The summed E-state index contributed by atoms with van der Waals surface area (Å²) >= 11 is 0. The van der Waals surface area contributed by atoms with E-state index in [1.54, 1.807) is 0 Å². The zero-order valence-corrected chi connectivity index (χ0v) is 8.14. The van der Waals surface area contributed by atoms with Crippen LogP contribution in [0.5, 0.6) is 0 Å². The van der Waals surface area contributed by atoms with Crippen LogP contribution < -0.4 is 0 Å². The summed E-state index contributed by atoms with van der Waals surface area (Å²) in [5.41, 5.74) is -3.00. The standard InChI is InChI=1S/C8H8F6O3/c9-7(10,11)4(8(12,13)14)6(5(16)17)1-3(15)2-6/h3-4,15H,1-2H2,(H,16,17). The van der Waals surface area contributed by atoms with E-state index in [0.29, 0.717) is 0 Å². The molecular weight excluding hydrogens is 258 g/mol. The van der Waals surface area contributed by atoms with Gasteiger partial charge in [0.15, 0.2) is 5.92 Å². The lowest BCUT2D eigenvalue weighted by atomic mass is 9.59. The number of alkyl halides is 6. The van der Waals surface area contributed by atoms with E-state index in [-0.39, 0.29) is 0 Å². The second kappa shape index (κ2) is 3.76. The van der Waals surface area contributed by atoms with Gasteiger partial charge in [0.2, 0.25) is 0 Å². The molecule has 1 aliphatic carbocycles. The van der Waals surface area contributed by atoms with Gasteiger partial charge in [0.1, 0.15) is 0 Å². The highest BCUT2D eigenvalue weighted by atomic mass is 19.4. The molecule has 1 saturated carbocycles. The number of aliphatic carboxylic acids is 1. The van der Waals surface area contributed by atoms with Crippen molar-refractivity contribution in [3.63, 3.8) is 0 Å². The minimum atomic E-state index is -5.71. The molecule has 0 spiro atoms. The average molecular weight is 266 g/mol. The van der Waals surface area contributed by atoms with Gasteiger partial charge in [-0.15, -0.1) is 0 Å². The summed E-state index contributed by atoms with van der Waals surface area (Å²) in [7, 11) is 0. The van der Waals surface area contributed by atoms with Gasteiger partial charge < -0.3 is 10.2 Å². The van der Waals surface area contributed by atoms with Gasteiger partial charge in [-0.1, -0.05) is 0 Å². The third-order valence-electron chi connectivity index (χ3n) is 2.83. The fraction of sp³-hybridized carbons (Fsp3) is 0.875. The normalized spacial score (nSPS) is 30.2. The zero-order chi connectivity index (χ0) is 13.6. The number of carbonyl (C=O) groups is 1. The first kappa shape index (κ1) is 14.1. The van der Waals surface area contributed by atoms with Crippen LogP contribution in [0.3, 0.4) is 0 Å². The Labute approximate surface area is 91.0 Å². The molecule has 1 rings (SSSR count). The minimum absolute atomic E-state index is 1.05. The molecule has 0 unspecified atom stereocenters. The molecule has 0 aromatic heterocycles. The SMILES string of the molecule is O=C(O)C1(C(C(F)(F)F)C(F)(F)F)CC(O)C1. The van der Waals surface area contributed by atoms with Gasteiger partial charge in [-0.2, -0.15) is 26.3 Å². The Hall–Kier alpha value is -0.990. The lowest BCUT2D eigenvalue weighted by Crippen LogP contribution is -2.60. The van der Waals surface area contributed by atoms with Gasteiger partial charge in [0, 0.05) is 0 Å². The van der Waals surface area contributed by atoms with Gasteiger partial charge >= 0.3 is 18.3 Å².